The lowest BCUT2D eigenvalue weighted by atomic mass is 9.96. The topological polar surface area (TPSA) is 54.7 Å². The Bertz CT molecular complexity index is 754. The number of hydrogen-bond acceptors (Lipinski definition) is 2. The zero-order chi connectivity index (χ0) is 13.6. The predicted molar refractivity (Wildman–Crippen MR) is 80.7 cm³/mol. The molecule has 1 aromatic heterocycles. The van der Waals surface area contributed by atoms with Crippen LogP contribution in [0.2, 0.25) is 10.0 Å². The van der Waals surface area contributed by atoms with Crippen LogP contribution in [0.25, 0.3) is 22.0 Å². The van der Waals surface area contributed by atoms with Crippen molar-refractivity contribution < 1.29 is 0 Å². The van der Waals surface area contributed by atoms with E-state index in [4.69, 9.17) is 28.9 Å². The summed E-state index contributed by atoms with van der Waals surface area (Å²) < 4.78 is 0. The van der Waals surface area contributed by atoms with Crippen molar-refractivity contribution in [3.05, 3.63) is 46.1 Å². The maximum Gasteiger partial charge on any atom is 0.0656 e. The van der Waals surface area contributed by atoms with Crippen molar-refractivity contribution in [3.63, 3.8) is 0 Å². The average molecular weight is 292 g/mol. The Morgan fingerprint density at radius 2 is 1.79 bits per heavy atom. The number of H-pyrrole nitrogens is 1. The van der Waals surface area contributed by atoms with E-state index in [1.807, 2.05) is 19.1 Å². The number of benzene rings is 2. The highest BCUT2D eigenvalue weighted by Gasteiger charge is 2.15. The standard InChI is InChI=1S/C14H11Cl2N3/c1-7-2-3-12-9(6-18-19-12)13(7)14-10(15)4-8(17)5-11(14)16/h2-6H,17H2,1H3,(H,18,19). The fraction of sp³-hybridized carbons (Fsp3) is 0.0714. The van der Waals surface area contributed by atoms with E-state index in [9.17, 15) is 0 Å². The van der Waals surface area contributed by atoms with Gasteiger partial charge in [0.25, 0.3) is 0 Å². The SMILES string of the molecule is Cc1ccc2[nH]ncc2c1-c1c(Cl)cc(N)cc1Cl. The first-order valence-corrected chi connectivity index (χ1v) is 6.51. The van der Waals surface area contributed by atoms with E-state index in [1.54, 1.807) is 18.3 Å². The van der Waals surface area contributed by atoms with Gasteiger partial charge in [-0.25, -0.2) is 0 Å². The molecule has 3 nitrogen and oxygen atoms in total. The highest BCUT2D eigenvalue weighted by Crippen LogP contribution is 2.41. The van der Waals surface area contributed by atoms with Gasteiger partial charge in [-0.2, -0.15) is 5.10 Å². The van der Waals surface area contributed by atoms with Gasteiger partial charge >= 0.3 is 0 Å². The minimum Gasteiger partial charge on any atom is -0.399 e. The van der Waals surface area contributed by atoms with Gasteiger partial charge in [-0.3, -0.25) is 5.10 Å². The van der Waals surface area contributed by atoms with Crippen molar-refractivity contribution >= 4 is 39.8 Å². The summed E-state index contributed by atoms with van der Waals surface area (Å²) in [6.07, 6.45) is 1.78. The molecule has 0 unspecified atom stereocenters. The second-order valence-corrected chi connectivity index (χ2v) is 5.26. The summed E-state index contributed by atoms with van der Waals surface area (Å²) in [7, 11) is 0. The number of aryl methyl sites for hydroxylation is 1. The molecular formula is C14H11Cl2N3. The van der Waals surface area contributed by atoms with Gasteiger partial charge in [0.1, 0.15) is 0 Å². The molecule has 0 aliphatic rings. The second-order valence-electron chi connectivity index (χ2n) is 4.45. The van der Waals surface area contributed by atoms with Crippen molar-refractivity contribution in [3.8, 4) is 11.1 Å². The van der Waals surface area contributed by atoms with E-state index in [-0.39, 0.29) is 0 Å². The molecule has 0 saturated heterocycles. The number of hydrogen-bond donors (Lipinski definition) is 2. The van der Waals surface area contributed by atoms with Crippen molar-refractivity contribution in [2.24, 2.45) is 0 Å². The third-order valence-electron chi connectivity index (χ3n) is 3.15. The van der Waals surface area contributed by atoms with Crippen molar-refractivity contribution in [1.29, 1.82) is 0 Å². The number of aromatic nitrogens is 2. The quantitative estimate of drug-likeness (QED) is 0.652. The molecule has 19 heavy (non-hydrogen) atoms. The molecule has 0 spiro atoms. The van der Waals surface area contributed by atoms with Crippen molar-refractivity contribution in [2.75, 3.05) is 5.73 Å². The molecule has 2 aromatic carbocycles. The minimum absolute atomic E-state index is 0.543. The summed E-state index contributed by atoms with van der Waals surface area (Å²) in [6.45, 7) is 2.02. The number of anilines is 1. The molecule has 1 heterocycles. The lowest BCUT2D eigenvalue weighted by Gasteiger charge is -2.12. The molecule has 0 aliphatic carbocycles. The molecular weight excluding hydrogens is 281 g/mol. The first-order valence-electron chi connectivity index (χ1n) is 5.75. The van der Waals surface area contributed by atoms with Gasteiger partial charge in [-0.15, -0.1) is 0 Å². The molecule has 3 aromatic rings. The number of nitrogens with two attached hydrogens (primary N) is 1. The van der Waals surface area contributed by atoms with Crippen LogP contribution < -0.4 is 5.73 Å². The van der Waals surface area contributed by atoms with Crippen LogP contribution in [0.4, 0.5) is 5.69 Å². The molecule has 3 N–H and O–H groups in total. The van der Waals surface area contributed by atoms with Gasteiger partial charge in [0, 0.05) is 16.6 Å². The molecule has 0 amide bonds. The van der Waals surface area contributed by atoms with E-state index in [1.165, 1.54) is 0 Å². The van der Waals surface area contributed by atoms with Gasteiger partial charge in [-0.1, -0.05) is 29.3 Å². The first-order chi connectivity index (χ1) is 9.08. The fourth-order valence-electron chi connectivity index (χ4n) is 2.29. The van der Waals surface area contributed by atoms with Crippen LogP contribution in [0.1, 0.15) is 5.56 Å². The Morgan fingerprint density at radius 3 is 2.47 bits per heavy atom. The molecule has 96 valence electrons. The normalized spacial score (nSPS) is 11.1. The fourth-order valence-corrected chi connectivity index (χ4v) is 2.98. The number of fused-ring (bicyclic) bond motifs is 1. The van der Waals surface area contributed by atoms with Crippen LogP contribution in [-0.2, 0) is 0 Å². The number of nitrogens with one attached hydrogen (secondary N) is 1. The predicted octanol–water partition coefficient (Wildman–Crippen LogP) is 4.43. The Morgan fingerprint density at radius 1 is 1.11 bits per heavy atom. The average Bonchev–Trinajstić information content (AvgIpc) is 2.79. The van der Waals surface area contributed by atoms with E-state index < -0.39 is 0 Å². The van der Waals surface area contributed by atoms with Crippen LogP contribution in [0, 0.1) is 6.92 Å². The number of nitrogens with zero attached hydrogens (tertiary/aromatic N) is 1. The van der Waals surface area contributed by atoms with Crippen molar-refractivity contribution in [1.82, 2.24) is 10.2 Å². The Hall–Kier alpha value is -1.71. The third kappa shape index (κ3) is 1.95. The Labute approximate surface area is 120 Å². The summed E-state index contributed by atoms with van der Waals surface area (Å²) in [4.78, 5) is 0. The summed E-state index contributed by atoms with van der Waals surface area (Å²) in [5, 5.41) is 9.10. The Kier molecular flexibility index (Phi) is 2.88. The Balaban J connectivity index is 2.42. The van der Waals surface area contributed by atoms with E-state index >= 15 is 0 Å². The summed E-state index contributed by atoms with van der Waals surface area (Å²) in [5.41, 5.74) is 10.1. The summed E-state index contributed by atoms with van der Waals surface area (Å²) >= 11 is 12.6. The van der Waals surface area contributed by atoms with E-state index in [0.717, 1.165) is 27.6 Å². The molecule has 0 fully saturated rings. The largest absolute Gasteiger partial charge is 0.399 e. The molecule has 0 saturated carbocycles. The van der Waals surface area contributed by atoms with Gasteiger partial charge in [0.2, 0.25) is 0 Å². The monoisotopic (exact) mass is 291 g/mol. The maximum absolute atomic E-state index is 6.31. The molecule has 5 heteroatoms. The van der Waals surface area contributed by atoms with Crippen LogP contribution in [-0.4, -0.2) is 10.2 Å². The zero-order valence-corrected chi connectivity index (χ0v) is 11.7. The van der Waals surface area contributed by atoms with Crippen LogP contribution >= 0.6 is 23.2 Å². The van der Waals surface area contributed by atoms with Gasteiger partial charge in [-0.05, 0) is 36.2 Å². The number of aromatic amines is 1. The number of halogens is 2. The number of rotatable bonds is 1. The molecule has 0 radical (unpaired) electrons. The summed E-state index contributed by atoms with van der Waals surface area (Å²) in [6, 6.07) is 7.42. The maximum atomic E-state index is 6.31. The van der Waals surface area contributed by atoms with Crippen LogP contribution in [0.5, 0.6) is 0 Å². The van der Waals surface area contributed by atoms with Gasteiger partial charge < -0.3 is 5.73 Å². The van der Waals surface area contributed by atoms with E-state index in [2.05, 4.69) is 10.2 Å². The summed E-state index contributed by atoms with van der Waals surface area (Å²) in [5.74, 6) is 0. The minimum atomic E-state index is 0.543. The molecule has 0 aliphatic heterocycles. The lowest BCUT2D eigenvalue weighted by molar-refractivity contribution is 1.12. The number of nitrogen functional groups attached to an aromatic ring is 1. The molecule has 0 bridgehead atoms. The third-order valence-corrected chi connectivity index (χ3v) is 3.74. The van der Waals surface area contributed by atoms with Gasteiger partial charge in [0.15, 0.2) is 0 Å². The highest BCUT2D eigenvalue weighted by atomic mass is 35.5. The van der Waals surface area contributed by atoms with Crippen LogP contribution in [0.15, 0.2) is 30.5 Å². The first kappa shape index (κ1) is 12.3. The smallest absolute Gasteiger partial charge is 0.0656 e. The molecule has 3 rings (SSSR count). The van der Waals surface area contributed by atoms with Gasteiger partial charge in [0.05, 0.1) is 21.8 Å². The van der Waals surface area contributed by atoms with Crippen molar-refractivity contribution in [2.45, 2.75) is 6.92 Å². The van der Waals surface area contributed by atoms with E-state index in [0.29, 0.717) is 15.7 Å². The highest BCUT2D eigenvalue weighted by molar-refractivity contribution is 6.40. The molecule has 0 atom stereocenters. The van der Waals surface area contributed by atoms with Crippen LogP contribution in [0.3, 0.4) is 0 Å². The lowest BCUT2D eigenvalue weighted by Crippen LogP contribution is -1.91. The zero-order valence-electron chi connectivity index (χ0n) is 10.2. The second kappa shape index (κ2) is 4.44.